The molecule has 0 aliphatic carbocycles. The van der Waals surface area contributed by atoms with Gasteiger partial charge in [-0.05, 0) is 36.3 Å². The Hall–Kier alpha value is -2.67. The summed E-state index contributed by atoms with van der Waals surface area (Å²) in [4.78, 5) is 11.4. The summed E-state index contributed by atoms with van der Waals surface area (Å²) in [7, 11) is 0. The summed E-state index contributed by atoms with van der Waals surface area (Å²) in [6.07, 6.45) is 4.87. The zero-order chi connectivity index (χ0) is 20.9. The predicted molar refractivity (Wildman–Crippen MR) is 123 cm³/mol. The highest BCUT2D eigenvalue weighted by Gasteiger charge is 2.19. The largest absolute Gasteiger partial charge is 0.366 e. The van der Waals surface area contributed by atoms with E-state index in [9.17, 15) is 0 Å². The van der Waals surface area contributed by atoms with Gasteiger partial charge in [0, 0.05) is 32.2 Å². The molecule has 3 aromatic rings. The first kappa shape index (κ1) is 20.6. The molecule has 30 heavy (non-hydrogen) atoms. The molecule has 1 aliphatic rings. The van der Waals surface area contributed by atoms with Crippen LogP contribution in [0, 0.1) is 5.92 Å². The highest BCUT2D eigenvalue weighted by Crippen LogP contribution is 2.24. The lowest BCUT2D eigenvalue weighted by atomic mass is 9.99. The molecule has 7 heteroatoms. The predicted octanol–water partition coefficient (Wildman–Crippen LogP) is 4.06. The van der Waals surface area contributed by atoms with Crippen LogP contribution in [-0.4, -0.2) is 50.7 Å². The Balaban J connectivity index is 1.36. The third-order valence-corrected chi connectivity index (χ3v) is 6.08. The van der Waals surface area contributed by atoms with E-state index in [1.165, 1.54) is 11.1 Å². The smallest absolute Gasteiger partial charge is 0.174 e. The number of aromatic amines is 1. The van der Waals surface area contributed by atoms with Crippen LogP contribution in [-0.2, 0) is 13.0 Å². The van der Waals surface area contributed by atoms with Crippen molar-refractivity contribution in [3.05, 3.63) is 41.7 Å². The SMILES string of the molecule is CCC(CC)Nc1ncnc2c(NCC(C)CN3CCc4ccccc4C3)n[nH]c12. The molecule has 4 rings (SSSR count). The maximum absolute atomic E-state index is 4.47. The van der Waals surface area contributed by atoms with Gasteiger partial charge in [0.25, 0.3) is 0 Å². The van der Waals surface area contributed by atoms with Gasteiger partial charge < -0.3 is 10.6 Å². The van der Waals surface area contributed by atoms with Crippen LogP contribution in [0.15, 0.2) is 30.6 Å². The van der Waals surface area contributed by atoms with Crippen molar-refractivity contribution in [1.82, 2.24) is 25.1 Å². The molecule has 1 atom stereocenters. The van der Waals surface area contributed by atoms with Crippen LogP contribution in [0.2, 0.25) is 0 Å². The summed E-state index contributed by atoms with van der Waals surface area (Å²) in [5.74, 6) is 2.14. The Labute approximate surface area is 178 Å². The number of benzene rings is 1. The molecule has 0 fully saturated rings. The molecule has 2 aromatic heterocycles. The van der Waals surface area contributed by atoms with Crippen molar-refractivity contribution < 1.29 is 0 Å². The molecule has 0 bridgehead atoms. The number of anilines is 2. The summed E-state index contributed by atoms with van der Waals surface area (Å²) < 4.78 is 0. The van der Waals surface area contributed by atoms with Gasteiger partial charge in [-0.1, -0.05) is 45.0 Å². The normalized spacial score (nSPS) is 15.3. The van der Waals surface area contributed by atoms with Gasteiger partial charge in [0.15, 0.2) is 11.6 Å². The third-order valence-electron chi connectivity index (χ3n) is 6.08. The Bertz CT molecular complexity index is 963. The van der Waals surface area contributed by atoms with Crippen LogP contribution in [0.25, 0.3) is 11.0 Å². The first-order chi connectivity index (χ1) is 14.7. The Morgan fingerprint density at radius 2 is 1.90 bits per heavy atom. The van der Waals surface area contributed by atoms with E-state index in [1.807, 2.05) is 0 Å². The molecular formula is C23H33N7. The average Bonchev–Trinajstić information content (AvgIpc) is 3.20. The highest BCUT2D eigenvalue weighted by atomic mass is 15.2. The maximum Gasteiger partial charge on any atom is 0.174 e. The number of rotatable bonds is 9. The van der Waals surface area contributed by atoms with Crippen molar-refractivity contribution in [2.24, 2.45) is 5.92 Å². The van der Waals surface area contributed by atoms with Gasteiger partial charge in [0.2, 0.25) is 0 Å². The first-order valence-corrected chi connectivity index (χ1v) is 11.2. The number of fused-ring (bicyclic) bond motifs is 2. The molecule has 0 saturated carbocycles. The van der Waals surface area contributed by atoms with Gasteiger partial charge in [0.1, 0.15) is 17.4 Å². The molecule has 1 aliphatic heterocycles. The van der Waals surface area contributed by atoms with Gasteiger partial charge in [0.05, 0.1) is 0 Å². The molecule has 160 valence electrons. The van der Waals surface area contributed by atoms with Crippen molar-refractivity contribution in [1.29, 1.82) is 0 Å². The number of aromatic nitrogens is 4. The molecule has 0 radical (unpaired) electrons. The van der Waals surface area contributed by atoms with E-state index < -0.39 is 0 Å². The highest BCUT2D eigenvalue weighted by molar-refractivity contribution is 5.92. The third kappa shape index (κ3) is 4.56. The van der Waals surface area contributed by atoms with Crippen LogP contribution < -0.4 is 10.6 Å². The van der Waals surface area contributed by atoms with Crippen LogP contribution in [0.1, 0.15) is 44.7 Å². The van der Waals surface area contributed by atoms with E-state index >= 15 is 0 Å². The van der Waals surface area contributed by atoms with Crippen LogP contribution in [0.4, 0.5) is 11.6 Å². The lowest BCUT2D eigenvalue weighted by molar-refractivity contribution is 0.224. The summed E-state index contributed by atoms with van der Waals surface area (Å²) in [6, 6.07) is 9.20. The monoisotopic (exact) mass is 407 g/mol. The second kappa shape index (κ2) is 9.43. The van der Waals surface area contributed by atoms with Gasteiger partial charge in [-0.2, -0.15) is 5.10 Å². The number of hydrogen-bond donors (Lipinski definition) is 3. The van der Waals surface area contributed by atoms with Crippen molar-refractivity contribution in [2.75, 3.05) is 30.3 Å². The Morgan fingerprint density at radius 3 is 2.70 bits per heavy atom. The van der Waals surface area contributed by atoms with Gasteiger partial charge >= 0.3 is 0 Å². The fourth-order valence-electron chi connectivity index (χ4n) is 4.24. The van der Waals surface area contributed by atoms with E-state index in [0.29, 0.717) is 12.0 Å². The zero-order valence-corrected chi connectivity index (χ0v) is 18.3. The molecule has 3 heterocycles. The van der Waals surface area contributed by atoms with Crippen molar-refractivity contribution >= 4 is 22.7 Å². The van der Waals surface area contributed by atoms with Crippen LogP contribution in [0.3, 0.4) is 0 Å². The lowest BCUT2D eigenvalue weighted by Crippen LogP contribution is -2.35. The Kier molecular flexibility index (Phi) is 6.47. The molecule has 0 saturated heterocycles. The molecular weight excluding hydrogens is 374 g/mol. The molecule has 7 nitrogen and oxygen atoms in total. The number of hydrogen-bond acceptors (Lipinski definition) is 6. The van der Waals surface area contributed by atoms with Crippen molar-refractivity contribution in [3.8, 4) is 0 Å². The number of nitrogens with zero attached hydrogens (tertiary/aromatic N) is 4. The summed E-state index contributed by atoms with van der Waals surface area (Å²) in [5.41, 5.74) is 4.68. The fourth-order valence-corrected chi connectivity index (χ4v) is 4.24. The second-order valence-electron chi connectivity index (χ2n) is 8.42. The minimum atomic E-state index is 0.400. The van der Waals surface area contributed by atoms with Crippen molar-refractivity contribution in [3.63, 3.8) is 0 Å². The molecule has 3 N–H and O–H groups in total. The summed E-state index contributed by atoms with van der Waals surface area (Å²) in [6.45, 7) is 10.8. The Morgan fingerprint density at radius 1 is 1.10 bits per heavy atom. The lowest BCUT2D eigenvalue weighted by Gasteiger charge is -2.30. The van der Waals surface area contributed by atoms with Crippen molar-refractivity contribution in [2.45, 2.75) is 52.6 Å². The van der Waals surface area contributed by atoms with E-state index in [0.717, 1.165) is 68.1 Å². The van der Waals surface area contributed by atoms with Gasteiger partial charge in [-0.25, -0.2) is 9.97 Å². The standard InChI is InChI=1S/C23H33N7/c1-4-19(5-2)27-22-21-20(25-15-26-22)23(29-28-21)24-12-16(3)13-30-11-10-17-8-6-7-9-18(17)14-30/h6-9,15-16,19H,4-5,10-14H2,1-3H3,(H2,24,28,29)(H,25,26,27). The second-order valence-corrected chi connectivity index (χ2v) is 8.42. The molecule has 1 aromatic carbocycles. The molecule has 1 unspecified atom stereocenters. The molecule has 0 amide bonds. The topological polar surface area (TPSA) is 81.8 Å². The average molecular weight is 408 g/mol. The number of H-pyrrole nitrogens is 1. The van der Waals surface area contributed by atoms with Crippen LogP contribution >= 0.6 is 0 Å². The maximum atomic E-state index is 4.47. The quantitative estimate of drug-likeness (QED) is 0.496. The van der Waals surface area contributed by atoms with E-state index in [-0.39, 0.29) is 0 Å². The minimum absolute atomic E-state index is 0.400. The summed E-state index contributed by atoms with van der Waals surface area (Å²) >= 11 is 0. The van der Waals surface area contributed by atoms with E-state index in [1.54, 1.807) is 6.33 Å². The van der Waals surface area contributed by atoms with Crippen LogP contribution in [0.5, 0.6) is 0 Å². The van der Waals surface area contributed by atoms with E-state index in [4.69, 9.17) is 0 Å². The van der Waals surface area contributed by atoms with Gasteiger partial charge in [-0.15, -0.1) is 0 Å². The first-order valence-electron chi connectivity index (χ1n) is 11.2. The fraction of sp³-hybridized carbons (Fsp3) is 0.522. The zero-order valence-electron chi connectivity index (χ0n) is 18.3. The van der Waals surface area contributed by atoms with E-state index in [2.05, 4.69) is 80.7 Å². The molecule has 0 spiro atoms. The van der Waals surface area contributed by atoms with Gasteiger partial charge in [-0.3, -0.25) is 10.00 Å². The minimum Gasteiger partial charge on any atom is -0.366 e. The number of nitrogens with one attached hydrogen (secondary N) is 3. The summed E-state index contributed by atoms with van der Waals surface area (Å²) in [5, 5.41) is 14.6.